The molecular weight excluding hydrogens is 258 g/mol. The molecule has 0 saturated carbocycles. The minimum absolute atomic E-state index is 0.604. The standard InChI is InChI=1S/C16H24ClNO/c17-10-5-1-2-6-11-18-13-14-9-12-19-16-8-4-3-7-15(14)16/h3-4,7-8,14,18H,1-2,5-6,9-13H2. The second-order valence-corrected chi connectivity index (χ2v) is 5.56. The monoisotopic (exact) mass is 281 g/mol. The summed E-state index contributed by atoms with van der Waals surface area (Å²) in [5.41, 5.74) is 1.36. The number of hydrogen-bond donors (Lipinski definition) is 1. The van der Waals surface area contributed by atoms with Crippen LogP contribution in [0.1, 0.15) is 43.6 Å². The number of alkyl halides is 1. The fourth-order valence-corrected chi connectivity index (χ4v) is 2.79. The molecule has 2 nitrogen and oxygen atoms in total. The third kappa shape index (κ3) is 4.70. The number of unbranched alkanes of at least 4 members (excludes halogenated alkanes) is 3. The van der Waals surface area contributed by atoms with Crippen LogP contribution in [0.15, 0.2) is 24.3 Å². The largest absolute Gasteiger partial charge is 0.493 e. The fraction of sp³-hybridized carbons (Fsp3) is 0.625. The predicted octanol–water partition coefficient (Wildman–Crippen LogP) is 3.94. The van der Waals surface area contributed by atoms with E-state index in [2.05, 4.69) is 23.5 Å². The highest BCUT2D eigenvalue weighted by molar-refractivity contribution is 6.17. The van der Waals surface area contributed by atoms with Crippen molar-refractivity contribution in [2.75, 3.05) is 25.6 Å². The summed E-state index contributed by atoms with van der Waals surface area (Å²) in [6.07, 6.45) is 6.06. The molecule has 0 bridgehead atoms. The maximum Gasteiger partial charge on any atom is 0.122 e. The average molecular weight is 282 g/mol. The van der Waals surface area contributed by atoms with Gasteiger partial charge in [-0.25, -0.2) is 0 Å². The number of ether oxygens (including phenoxy) is 1. The van der Waals surface area contributed by atoms with Crippen molar-refractivity contribution in [2.45, 2.75) is 38.0 Å². The van der Waals surface area contributed by atoms with E-state index in [1.165, 1.54) is 24.8 Å². The van der Waals surface area contributed by atoms with Gasteiger partial charge in [-0.05, 0) is 37.4 Å². The van der Waals surface area contributed by atoms with Crippen molar-refractivity contribution in [3.8, 4) is 5.75 Å². The first-order valence-corrected chi connectivity index (χ1v) is 7.93. The third-order valence-corrected chi connectivity index (χ3v) is 3.98. The average Bonchev–Trinajstić information content (AvgIpc) is 2.46. The Morgan fingerprint density at radius 3 is 2.89 bits per heavy atom. The predicted molar refractivity (Wildman–Crippen MR) is 81.4 cm³/mol. The molecule has 1 aliphatic rings. The Kier molecular flexibility index (Phi) is 6.52. The second kappa shape index (κ2) is 8.44. The van der Waals surface area contributed by atoms with Crippen LogP contribution in [-0.4, -0.2) is 25.6 Å². The summed E-state index contributed by atoms with van der Waals surface area (Å²) in [6.45, 7) is 3.02. The Labute approximate surface area is 121 Å². The lowest BCUT2D eigenvalue weighted by Gasteiger charge is -2.26. The van der Waals surface area contributed by atoms with Gasteiger partial charge < -0.3 is 10.1 Å². The molecule has 0 fully saturated rings. The van der Waals surface area contributed by atoms with Crippen molar-refractivity contribution in [3.05, 3.63) is 29.8 Å². The lowest BCUT2D eigenvalue weighted by Crippen LogP contribution is -2.26. The van der Waals surface area contributed by atoms with Crippen LogP contribution < -0.4 is 10.1 Å². The van der Waals surface area contributed by atoms with Gasteiger partial charge in [-0.3, -0.25) is 0 Å². The van der Waals surface area contributed by atoms with Gasteiger partial charge in [-0.15, -0.1) is 11.6 Å². The summed E-state index contributed by atoms with van der Waals surface area (Å²) in [5, 5.41) is 3.58. The molecule has 1 aromatic rings. The van der Waals surface area contributed by atoms with Crippen molar-refractivity contribution in [2.24, 2.45) is 0 Å². The number of rotatable bonds is 8. The molecule has 1 atom stereocenters. The number of benzene rings is 1. The van der Waals surface area contributed by atoms with Gasteiger partial charge in [0.25, 0.3) is 0 Å². The van der Waals surface area contributed by atoms with Gasteiger partial charge in [0.15, 0.2) is 0 Å². The van der Waals surface area contributed by atoms with E-state index >= 15 is 0 Å². The minimum atomic E-state index is 0.604. The van der Waals surface area contributed by atoms with Gasteiger partial charge in [0.2, 0.25) is 0 Å². The fourth-order valence-electron chi connectivity index (χ4n) is 2.60. The van der Waals surface area contributed by atoms with Crippen LogP contribution in [0.5, 0.6) is 5.75 Å². The molecular formula is C16H24ClNO. The molecule has 0 saturated heterocycles. The maximum atomic E-state index is 5.69. The van der Waals surface area contributed by atoms with Crippen molar-refractivity contribution in [3.63, 3.8) is 0 Å². The molecule has 2 rings (SSSR count). The van der Waals surface area contributed by atoms with Crippen LogP contribution in [0, 0.1) is 0 Å². The van der Waals surface area contributed by atoms with E-state index in [0.29, 0.717) is 5.92 Å². The van der Waals surface area contributed by atoms with E-state index in [9.17, 15) is 0 Å². The highest BCUT2D eigenvalue weighted by Crippen LogP contribution is 2.32. The third-order valence-electron chi connectivity index (χ3n) is 3.71. The highest BCUT2D eigenvalue weighted by atomic mass is 35.5. The smallest absolute Gasteiger partial charge is 0.122 e. The van der Waals surface area contributed by atoms with E-state index in [4.69, 9.17) is 16.3 Å². The minimum Gasteiger partial charge on any atom is -0.493 e. The SMILES string of the molecule is ClCCCCCCNCC1CCOc2ccccc21. The molecule has 19 heavy (non-hydrogen) atoms. The van der Waals surface area contributed by atoms with Gasteiger partial charge in [0.1, 0.15) is 5.75 Å². The number of para-hydroxylation sites is 1. The zero-order valence-electron chi connectivity index (χ0n) is 11.5. The molecule has 1 unspecified atom stereocenters. The van der Waals surface area contributed by atoms with Crippen molar-refractivity contribution in [1.29, 1.82) is 0 Å². The van der Waals surface area contributed by atoms with Gasteiger partial charge in [-0.1, -0.05) is 31.0 Å². The van der Waals surface area contributed by atoms with Crippen LogP contribution in [0.4, 0.5) is 0 Å². The topological polar surface area (TPSA) is 21.3 Å². The number of fused-ring (bicyclic) bond motifs is 1. The van der Waals surface area contributed by atoms with E-state index in [-0.39, 0.29) is 0 Å². The summed E-state index contributed by atoms with van der Waals surface area (Å²) in [4.78, 5) is 0. The molecule has 1 aromatic carbocycles. The van der Waals surface area contributed by atoms with Crippen LogP contribution in [0.25, 0.3) is 0 Å². The first-order chi connectivity index (χ1) is 9.42. The van der Waals surface area contributed by atoms with Gasteiger partial charge in [-0.2, -0.15) is 0 Å². The van der Waals surface area contributed by atoms with E-state index in [1.54, 1.807) is 0 Å². The zero-order valence-corrected chi connectivity index (χ0v) is 12.3. The van der Waals surface area contributed by atoms with Gasteiger partial charge in [0.05, 0.1) is 6.61 Å². The molecule has 0 amide bonds. The number of hydrogen-bond acceptors (Lipinski definition) is 2. The van der Waals surface area contributed by atoms with Crippen LogP contribution in [0.3, 0.4) is 0 Å². The Morgan fingerprint density at radius 1 is 1.16 bits per heavy atom. The Hall–Kier alpha value is -0.730. The molecule has 0 aromatic heterocycles. The molecule has 0 spiro atoms. The number of halogens is 1. The first-order valence-electron chi connectivity index (χ1n) is 7.40. The summed E-state index contributed by atoms with van der Waals surface area (Å²) in [7, 11) is 0. The Morgan fingerprint density at radius 2 is 2.00 bits per heavy atom. The van der Waals surface area contributed by atoms with Crippen molar-refractivity contribution >= 4 is 11.6 Å². The first kappa shape index (κ1) is 14.7. The summed E-state index contributed by atoms with van der Waals surface area (Å²) in [5.74, 6) is 2.47. The van der Waals surface area contributed by atoms with Gasteiger partial charge in [0, 0.05) is 18.3 Å². The van der Waals surface area contributed by atoms with E-state index < -0.39 is 0 Å². The second-order valence-electron chi connectivity index (χ2n) is 5.18. The van der Waals surface area contributed by atoms with Crippen molar-refractivity contribution < 1.29 is 4.74 Å². The Balaban J connectivity index is 1.67. The molecule has 1 heterocycles. The summed E-state index contributed by atoms with van der Waals surface area (Å²) in [6, 6.07) is 8.42. The quantitative estimate of drug-likeness (QED) is 0.576. The molecule has 3 heteroatoms. The lowest BCUT2D eigenvalue weighted by molar-refractivity contribution is 0.264. The van der Waals surface area contributed by atoms with Crippen molar-refractivity contribution in [1.82, 2.24) is 5.32 Å². The van der Waals surface area contributed by atoms with E-state index in [1.807, 2.05) is 6.07 Å². The normalized spacial score (nSPS) is 17.8. The van der Waals surface area contributed by atoms with Gasteiger partial charge >= 0.3 is 0 Å². The van der Waals surface area contributed by atoms with E-state index in [0.717, 1.165) is 44.2 Å². The maximum absolute atomic E-state index is 5.69. The van der Waals surface area contributed by atoms with Crippen LogP contribution in [0.2, 0.25) is 0 Å². The summed E-state index contributed by atoms with van der Waals surface area (Å²) >= 11 is 5.66. The molecule has 1 N–H and O–H groups in total. The van der Waals surface area contributed by atoms with Crippen LogP contribution in [-0.2, 0) is 0 Å². The molecule has 0 aliphatic carbocycles. The lowest BCUT2D eigenvalue weighted by atomic mass is 9.93. The Bertz CT molecular complexity index is 370. The number of nitrogens with one attached hydrogen (secondary N) is 1. The highest BCUT2D eigenvalue weighted by Gasteiger charge is 2.20. The molecule has 106 valence electrons. The van der Waals surface area contributed by atoms with Crippen LogP contribution >= 0.6 is 11.6 Å². The molecule has 0 radical (unpaired) electrons. The zero-order chi connectivity index (χ0) is 13.3. The summed E-state index contributed by atoms with van der Waals surface area (Å²) < 4.78 is 5.69. The molecule has 1 aliphatic heterocycles.